The number of fused-ring (bicyclic) bond motifs is 1. The predicted octanol–water partition coefficient (Wildman–Crippen LogP) is 7.39. The number of nitrogens with zero attached hydrogens (tertiary/aromatic N) is 4. The number of benzene rings is 3. The zero-order valence-electron chi connectivity index (χ0n) is 31.1. The smallest absolute Gasteiger partial charge is 0.281 e. The molecule has 2 aromatic heterocycles. The Morgan fingerprint density at radius 3 is 1.93 bits per heavy atom. The van der Waals surface area contributed by atoms with Gasteiger partial charge in [-0.2, -0.15) is 20.5 Å². The molecule has 0 atom stereocenters. The fourth-order valence-electron chi connectivity index (χ4n) is 6.66. The van der Waals surface area contributed by atoms with Gasteiger partial charge in [-0.3, -0.25) is 4.79 Å². The number of H-pyrrole nitrogens is 1. The van der Waals surface area contributed by atoms with Gasteiger partial charge in [0.15, 0.2) is 11.3 Å². The summed E-state index contributed by atoms with van der Waals surface area (Å²) < 4.78 is 79.6. The van der Waals surface area contributed by atoms with E-state index in [1.54, 1.807) is 30.5 Å². The number of rotatable bonds is 17. The molecule has 3 aromatic carbocycles. The number of unbranched alkanes of at least 4 members (excludes halogenated alkanes) is 2. The van der Waals surface area contributed by atoms with Gasteiger partial charge in [0.2, 0.25) is 0 Å². The highest BCUT2D eigenvalue weighted by molar-refractivity contribution is 8.10. The van der Waals surface area contributed by atoms with Gasteiger partial charge in [-0.1, -0.05) is 63.8 Å². The van der Waals surface area contributed by atoms with E-state index < -0.39 is 25.6 Å². The van der Waals surface area contributed by atoms with Gasteiger partial charge < -0.3 is 19.2 Å². The Balaban J connectivity index is 1.59. The van der Waals surface area contributed by atoms with Crippen LogP contribution in [0.3, 0.4) is 0 Å². The Morgan fingerprint density at radius 2 is 1.37 bits per heavy atom. The van der Waals surface area contributed by atoms with E-state index in [9.17, 15) is 21.6 Å². The van der Waals surface area contributed by atoms with Gasteiger partial charge in [-0.15, -0.1) is 5.10 Å². The lowest BCUT2D eigenvalue weighted by atomic mass is 10.1. The molecule has 1 aliphatic carbocycles. The first-order valence-corrected chi connectivity index (χ1v) is 21.4. The average molecular weight is 778 g/mol. The Kier molecular flexibility index (Phi) is 12.0. The highest BCUT2D eigenvalue weighted by Crippen LogP contribution is 2.41. The van der Waals surface area contributed by atoms with E-state index in [2.05, 4.69) is 4.98 Å². The van der Waals surface area contributed by atoms with Gasteiger partial charge in [0.1, 0.15) is 32.9 Å². The van der Waals surface area contributed by atoms with E-state index in [1.807, 2.05) is 13.8 Å². The molecule has 1 saturated carbocycles. The highest BCUT2D eigenvalue weighted by atomic mass is 32.3. The summed E-state index contributed by atoms with van der Waals surface area (Å²) in [5, 5.41) is 4.83. The second-order valence-corrected chi connectivity index (χ2v) is 17.0. The summed E-state index contributed by atoms with van der Waals surface area (Å²) in [5.41, 5.74) is 0.323. The first-order valence-electron chi connectivity index (χ1n) is 18.5. The van der Waals surface area contributed by atoms with Crippen molar-refractivity contribution in [1.29, 1.82) is 0 Å². The molecule has 0 amide bonds. The van der Waals surface area contributed by atoms with E-state index in [1.165, 1.54) is 54.6 Å². The molecule has 54 heavy (non-hydrogen) atoms. The molecule has 288 valence electrons. The number of aromatic amines is 1. The second-order valence-electron chi connectivity index (χ2n) is 13.2. The Hall–Kier alpha value is -4.89. The van der Waals surface area contributed by atoms with E-state index in [4.69, 9.17) is 24.3 Å². The van der Waals surface area contributed by atoms with Crippen LogP contribution in [0, 0.1) is 6.92 Å². The van der Waals surface area contributed by atoms with Crippen molar-refractivity contribution in [2.75, 3.05) is 23.5 Å². The number of anilines is 1. The minimum atomic E-state index is -4.93. The molecule has 0 bridgehead atoms. The number of nitrogens with one attached hydrogen (secondary N) is 1. The van der Waals surface area contributed by atoms with Gasteiger partial charge in [-0.05, 0) is 82.0 Å². The van der Waals surface area contributed by atoms with E-state index in [0.717, 1.165) is 38.5 Å². The van der Waals surface area contributed by atoms with Crippen LogP contribution in [0.2, 0.25) is 0 Å². The minimum absolute atomic E-state index is 0.0103. The molecule has 15 heteroatoms. The summed E-state index contributed by atoms with van der Waals surface area (Å²) in [4.78, 5) is 20.5. The zero-order chi connectivity index (χ0) is 38.5. The fraction of sp³-hybridized carbons (Fsp3) is 0.410. The molecule has 0 spiro atoms. The quantitative estimate of drug-likeness (QED) is 0.0943. The lowest BCUT2D eigenvalue weighted by Crippen LogP contribution is -2.37. The van der Waals surface area contributed by atoms with E-state index >= 15 is 0 Å². The van der Waals surface area contributed by atoms with Crippen molar-refractivity contribution >= 4 is 31.3 Å². The van der Waals surface area contributed by atoms with Crippen LogP contribution in [0.1, 0.15) is 89.6 Å². The number of aryl methyl sites for hydroxylation is 1. The van der Waals surface area contributed by atoms with Crippen LogP contribution in [0.25, 0.3) is 16.9 Å². The average Bonchev–Trinajstić information content (AvgIpc) is 3.81. The molecule has 5 aromatic rings. The molecule has 1 aliphatic rings. The third-order valence-electron chi connectivity index (χ3n) is 9.35. The summed E-state index contributed by atoms with van der Waals surface area (Å²) in [6.45, 7) is 8.19. The summed E-state index contributed by atoms with van der Waals surface area (Å²) in [6, 6.07) is 16.1. The Morgan fingerprint density at radius 1 is 0.796 bits per heavy atom. The van der Waals surface area contributed by atoms with Gasteiger partial charge in [0.05, 0.1) is 36.8 Å². The van der Waals surface area contributed by atoms with Crippen LogP contribution in [0.4, 0.5) is 5.69 Å². The van der Waals surface area contributed by atoms with Crippen molar-refractivity contribution in [3.8, 4) is 28.6 Å². The van der Waals surface area contributed by atoms with Crippen molar-refractivity contribution in [1.82, 2.24) is 19.6 Å². The van der Waals surface area contributed by atoms with Gasteiger partial charge >= 0.3 is 0 Å². The van der Waals surface area contributed by atoms with Crippen molar-refractivity contribution in [3.05, 3.63) is 88.6 Å². The summed E-state index contributed by atoms with van der Waals surface area (Å²) in [6.07, 6.45) is 6.86. The number of hydrogen-bond donors (Lipinski definition) is 1. The van der Waals surface area contributed by atoms with Crippen molar-refractivity contribution in [2.24, 2.45) is 0 Å². The van der Waals surface area contributed by atoms with Crippen LogP contribution in [0.5, 0.6) is 17.2 Å². The van der Waals surface area contributed by atoms with E-state index in [0.29, 0.717) is 33.6 Å². The maximum absolute atomic E-state index is 15.0. The van der Waals surface area contributed by atoms with Gasteiger partial charge in [0, 0.05) is 5.92 Å². The Bertz CT molecular complexity index is 2300. The second kappa shape index (κ2) is 16.6. The molecule has 1 fully saturated rings. The van der Waals surface area contributed by atoms with Crippen LogP contribution in [-0.2, 0) is 20.0 Å². The third-order valence-corrected chi connectivity index (χ3v) is 13.6. The number of hydrogen-bond acceptors (Lipinski definition) is 10. The third kappa shape index (κ3) is 7.69. The highest BCUT2D eigenvalue weighted by Gasteiger charge is 2.41. The molecular weight excluding hydrogens is 731 g/mol. The summed E-state index contributed by atoms with van der Waals surface area (Å²) in [5.74, 6) is 1.12. The first kappa shape index (κ1) is 38.8. The fourth-order valence-corrected chi connectivity index (χ4v) is 10.6. The SMILES string of the molecule is CCCCOc1ccccc1S(=O)(=O)N(c1ccc(OCC)c(-c2nn3c(C4CCCC4)nc(C)c3c(=O)[nH]2)c1)S(=O)(=O)c1ccccc1OCCCC. The van der Waals surface area contributed by atoms with Gasteiger partial charge in [0.25, 0.3) is 25.6 Å². The van der Waals surface area contributed by atoms with Crippen molar-refractivity contribution < 1.29 is 31.0 Å². The van der Waals surface area contributed by atoms with Crippen molar-refractivity contribution in [2.45, 2.75) is 94.8 Å². The minimum Gasteiger partial charge on any atom is -0.493 e. The number of imidazole rings is 1. The van der Waals surface area contributed by atoms with Gasteiger partial charge in [-0.25, -0.2) is 9.50 Å². The van der Waals surface area contributed by atoms with Crippen molar-refractivity contribution in [3.63, 3.8) is 0 Å². The number of aromatic nitrogens is 4. The van der Waals surface area contributed by atoms with Crippen LogP contribution in [-0.4, -0.2) is 56.2 Å². The summed E-state index contributed by atoms with van der Waals surface area (Å²) in [7, 11) is -9.87. The maximum atomic E-state index is 15.0. The molecule has 0 unspecified atom stereocenters. The number of ether oxygens (including phenoxy) is 3. The molecule has 1 N–H and O–H groups in total. The predicted molar refractivity (Wildman–Crippen MR) is 207 cm³/mol. The van der Waals surface area contributed by atoms with Crippen LogP contribution >= 0.6 is 0 Å². The number of sulfonamides is 2. The lowest BCUT2D eigenvalue weighted by molar-refractivity contribution is 0.301. The molecule has 0 aliphatic heterocycles. The molecule has 13 nitrogen and oxygen atoms in total. The monoisotopic (exact) mass is 777 g/mol. The lowest BCUT2D eigenvalue weighted by Gasteiger charge is -2.26. The molecule has 2 heterocycles. The maximum Gasteiger partial charge on any atom is 0.281 e. The standard InChI is InChI=1S/C39H47N5O8S2/c1-5-8-24-51-32-18-12-14-20-34(32)53(46,47)44(54(48,49)35-21-15-13-19-33(35)52-25-9-6-2)29-22-23-31(50-7-3)30(26-29)37-41-39(45)36-27(4)40-38(43(36)42-37)28-16-10-11-17-28/h12-15,18-23,26,28H,5-11,16-17,24-25H2,1-4H3,(H,41,42,45). The molecular formula is C39H47N5O8S2. The van der Waals surface area contributed by atoms with Crippen LogP contribution in [0.15, 0.2) is 81.3 Å². The Labute approximate surface area is 316 Å². The largest absolute Gasteiger partial charge is 0.493 e. The first-order chi connectivity index (χ1) is 26.0. The van der Waals surface area contributed by atoms with E-state index in [-0.39, 0.29) is 69.9 Å². The van der Waals surface area contributed by atoms with Crippen LogP contribution < -0.4 is 23.5 Å². The molecule has 6 rings (SSSR count). The topological polar surface area (TPSA) is 162 Å². The zero-order valence-corrected chi connectivity index (χ0v) is 32.7. The summed E-state index contributed by atoms with van der Waals surface area (Å²) >= 11 is 0. The molecule has 0 saturated heterocycles. The molecule has 0 radical (unpaired) electrons. The number of para-hydroxylation sites is 2. The normalized spacial score (nSPS) is 13.7.